The summed E-state index contributed by atoms with van der Waals surface area (Å²) < 4.78 is 28.1. The molecule has 0 heterocycles. The zero-order valence-corrected chi connectivity index (χ0v) is 15.4. The number of benzene rings is 1. The monoisotopic (exact) mass is 341 g/mol. The summed E-state index contributed by atoms with van der Waals surface area (Å²) in [5.41, 5.74) is 0.847. The van der Waals surface area contributed by atoms with Crippen LogP contribution in [0.1, 0.15) is 46.6 Å². The van der Waals surface area contributed by atoms with Crippen LogP contribution in [0.5, 0.6) is 5.75 Å². The average Bonchev–Trinajstić information content (AvgIpc) is 2.43. The summed E-state index contributed by atoms with van der Waals surface area (Å²) in [6.07, 6.45) is 0.499. The Hall–Kier alpha value is -1.56. The second kappa shape index (κ2) is 8.34. The van der Waals surface area contributed by atoms with Crippen molar-refractivity contribution in [2.75, 3.05) is 5.75 Å². The first-order chi connectivity index (χ1) is 10.6. The molecule has 5 nitrogen and oxygen atoms in total. The number of amides is 1. The quantitative estimate of drug-likeness (QED) is 0.681. The molecule has 130 valence electrons. The molecular weight excluding hydrogens is 314 g/mol. The molecule has 1 aromatic carbocycles. The molecule has 1 aromatic rings. The lowest BCUT2D eigenvalue weighted by atomic mass is 10.1. The van der Waals surface area contributed by atoms with Crippen molar-refractivity contribution in [2.24, 2.45) is 5.92 Å². The van der Waals surface area contributed by atoms with Crippen molar-refractivity contribution in [1.82, 2.24) is 4.90 Å². The molecule has 23 heavy (non-hydrogen) atoms. The van der Waals surface area contributed by atoms with Gasteiger partial charge in [0.05, 0.1) is 5.75 Å². The van der Waals surface area contributed by atoms with Crippen molar-refractivity contribution in [1.29, 1.82) is 0 Å². The molecule has 0 N–H and O–H groups in total. The molecule has 1 rings (SSSR count). The van der Waals surface area contributed by atoms with Crippen molar-refractivity contribution in [3.63, 3.8) is 0 Å². The molecule has 0 unspecified atom stereocenters. The third kappa shape index (κ3) is 6.60. The van der Waals surface area contributed by atoms with Crippen LogP contribution in [0.25, 0.3) is 0 Å². The van der Waals surface area contributed by atoms with Crippen molar-refractivity contribution in [3.8, 4) is 5.75 Å². The SMILES string of the molecule is CCS(=O)(=O)Oc1cccc(CN(C(=O)CC(C)C)C(C)C)c1. The van der Waals surface area contributed by atoms with E-state index in [1.807, 2.05) is 33.8 Å². The van der Waals surface area contributed by atoms with E-state index < -0.39 is 10.1 Å². The van der Waals surface area contributed by atoms with E-state index in [1.54, 1.807) is 23.1 Å². The van der Waals surface area contributed by atoms with Crippen LogP contribution in [0, 0.1) is 5.92 Å². The lowest BCUT2D eigenvalue weighted by Gasteiger charge is -2.28. The molecule has 0 radical (unpaired) electrons. The van der Waals surface area contributed by atoms with Crippen LogP contribution in [0.3, 0.4) is 0 Å². The molecule has 0 bridgehead atoms. The fourth-order valence-electron chi connectivity index (χ4n) is 2.12. The summed E-state index contributed by atoms with van der Waals surface area (Å²) in [7, 11) is -3.55. The van der Waals surface area contributed by atoms with Crippen LogP contribution in [0.2, 0.25) is 0 Å². The maximum atomic E-state index is 12.4. The first-order valence-corrected chi connectivity index (χ1v) is 9.53. The van der Waals surface area contributed by atoms with Gasteiger partial charge in [-0.2, -0.15) is 8.42 Å². The highest BCUT2D eigenvalue weighted by atomic mass is 32.2. The lowest BCUT2D eigenvalue weighted by molar-refractivity contribution is -0.134. The summed E-state index contributed by atoms with van der Waals surface area (Å²) >= 11 is 0. The van der Waals surface area contributed by atoms with E-state index in [0.29, 0.717) is 18.9 Å². The van der Waals surface area contributed by atoms with Crippen molar-refractivity contribution < 1.29 is 17.4 Å². The van der Waals surface area contributed by atoms with Crippen LogP contribution in [0.15, 0.2) is 24.3 Å². The van der Waals surface area contributed by atoms with Crippen molar-refractivity contribution in [3.05, 3.63) is 29.8 Å². The Morgan fingerprint density at radius 3 is 2.39 bits per heavy atom. The number of rotatable bonds is 8. The molecule has 1 amide bonds. The predicted molar refractivity (Wildman–Crippen MR) is 91.7 cm³/mol. The van der Waals surface area contributed by atoms with E-state index in [4.69, 9.17) is 4.18 Å². The van der Waals surface area contributed by atoms with Gasteiger partial charge in [-0.05, 0) is 44.4 Å². The molecule has 0 aliphatic carbocycles. The Morgan fingerprint density at radius 2 is 1.87 bits per heavy atom. The van der Waals surface area contributed by atoms with Crippen LogP contribution < -0.4 is 4.18 Å². The number of carbonyl (C=O) groups excluding carboxylic acids is 1. The van der Waals surface area contributed by atoms with Gasteiger partial charge >= 0.3 is 10.1 Å². The lowest BCUT2D eigenvalue weighted by Crippen LogP contribution is -2.36. The highest BCUT2D eigenvalue weighted by molar-refractivity contribution is 7.87. The van der Waals surface area contributed by atoms with Crippen molar-refractivity contribution >= 4 is 16.0 Å². The van der Waals surface area contributed by atoms with Gasteiger partial charge < -0.3 is 9.08 Å². The average molecular weight is 341 g/mol. The summed E-state index contributed by atoms with van der Waals surface area (Å²) in [5.74, 6) is 0.599. The van der Waals surface area contributed by atoms with E-state index in [9.17, 15) is 13.2 Å². The Morgan fingerprint density at radius 1 is 1.22 bits per heavy atom. The summed E-state index contributed by atoms with van der Waals surface area (Å²) in [4.78, 5) is 14.2. The summed E-state index contributed by atoms with van der Waals surface area (Å²) in [6, 6.07) is 6.95. The Bertz CT molecular complexity index is 623. The second-order valence-electron chi connectivity index (χ2n) is 6.29. The van der Waals surface area contributed by atoms with Gasteiger partial charge in [0, 0.05) is 19.0 Å². The Labute approximate surface area is 139 Å². The third-order valence-corrected chi connectivity index (χ3v) is 4.51. The van der Waals surface area contributed by atoms with Gasteiger partial charge in [-0.15, -0.1) is 0 Å². The van der Waals surface area contributed by atoms with E-state index in [-0.39, 0.29) is 23.5 Å². The molecule has 0 aliphatic rings. The topological polar surface area (TPSA) is 63.7 Å². The summed E-state index contributed by atoms with van der Waals surface area (Å²) in [6.45, 7) is 9.94. The molecule has 6 heteroatoms. The minimum atomic E-state index is -3.55. The molecule has 0 atom stereocenters. The first kappa shape index (κ1) is 19.5. The largest absolute Gasteiger partial charge is 0.382 e. The van der Waals surface area contributed by atoms with E-state index >= 15 is 0 Å². The maximum Gasteiger partial charge on any atom is 0.308 e. The zero-order valence-electron chi connectivity index (χ0n) is 14.6. The molecule has 0 saturated heterocycles. The van der Waals surface area contributed by atoms with E-state index in [0.717, 1.165) is 5.56 Å². The van der Waals surface area contributed by atoms with Crippen LogP contribution in [0.4, 0.5) is 0 Å². The smallest absolute Gasteiger partial charge is 0.308 e. The van der Waals surface area contributed by atoms with Gasteiger partial charge in [0.15, 0.2) is 0 Å². The fourth-order valence-corrected chi connectivity index (χ4v) is 2.64. The van der Waals surface area contributed by atoms with Crippen LogP contribution in [-0.4, -0.2) is 31.0 Å². The third-order valence-electron chi connectivity index (χ3n) is 3.35. The molecule has 0 spiro atoms. The highest BCUT2D eigenvalue weighted by Gasteiger charge is 2.19. The minimum Gasteiger partial charge on any atom is -0.382 e. The minimum absolute atomic E-state index is 0.0743. The number of nitrogens with zero attached hydrogens (tertiary/aromatic N) is 1. The predicted octanol–water partition coefficient (Wildman–Crippen LogP) is 3.20. The van der Waals surface area contributed by atoms with E-state index in [2.05, 4.69) is 0 Å². The molecule has 0 saturated carbocycles. The van der Waals surface area contributed by atoms with Gasteiger partial charge in [0.1, 0.15) is 5.75 Å². The van der Waals surface area contributed by atoms with Gasteiger partial charge in [-0.1, -0.05) is 26.0 Å². The summed E-state index contributed by atoms with van der Waals surface area (Å²) in [5, 5.41) is 0. The van der Waals surface area contributed by atoms with Crippen LogP contribution in [-0.2, 0) is 21.5 Å². The number of carbonyl (C=O) groups is 1. The van der Waals surface area contributed by atoms with Gasteiger partial charge in [0.2, 0.25) is 5.91 Å². The molecule has 0 aromatic heterocycles. The van der Waals surface area contributed by atoms with Gasteiger partial charge in [-0.25, -0.2) is 0 Å². The zero-order chi connectivity index (χ0) is 17.6. The fraction of sp³-hybridized carbons (Fsp3) is 0.588. The normalized spacial score (nSPS) is 11.8. The molecule has 0 aliphatic heterocycles. The Balaban J connectivity index is 2.91. The standard InChI is InChI=1S/C17H27NO4S/c1-6-23(20,21)22-16-9-7-8-15(11-16)12-18(14(4)5)17(19)10-13(2)3/h7-9,11,13-14H,6,10,12H2,1-5H3. The highest BCUT2D eigenvalue weighted by Crippen LogP contribution is 2.19. The molecular formula is C17H27NO4S. The first-order valence-electron chi connectivity index (χ1n) is 7.95. The maximum absolute atomic E-state index is 12.4. The number of hydrogen-bond acceptors (Lipinski definition) is 4. The van der Waals surface area contributed by atoms with E-state index in [1.165, 1.54) is 6.92 Å². The Kier molecular flexibility index (Phi) is 7.06. The van der Waals surface area contributed by atoms with Crippen molar-refractivity contribution in [2.45, 2.75) is 53.6 Å². The molecule has 0 fully saturated rings. The van der Waals surface area contributed by atoms with Crippen LogP contribution >= 0.6 is 0 Å². The number of hydrogen-bond donors (Lipinski definition) is 0. The van der Waals surface area contributed by atoms with Gasteiger partial charge in [0.25, 0.3) is 0 Å². The second-order valence-corrected chi connectivity index (χ2v) is 8.15. The van der Waals surface area contributed by atoms with Gasteiger partial charge in [-0.3, -0.25) is 4.79 Å².